The summed E-state index contributed by atoms with van der Waals surface area (Å²) in [4.78, 5) is 0.136. The fourth-order valence-electron chi connectivity index (χ4n) is 1.58. The number of hydrogen-bond donors (Lipinski definition) is 0. The van der Waals surface area contributed by atoms with Gasteiger partial charge in [0, 0.05) is 12.6 Å². The summed E-state index contributed by atoms with van der Waals surface area (Å²) in [5.41, 5.74) is 0.332. The molecule has 0 fully saturated rings. The molecule has 4 nitrogen and oxygen atoms in total. The summed E-state index contributed by atoms with van der Waals surface area (Å²) >= 11 is 0. The molecule has 0 unspecified atom stereocenters. The molecule has 0 atom stereocenters. The average molecular weight is 264 g/mol. The van der Waals surface area contributed by atoms with E-state index in [4.69, 9.17) is 5.26 Å². The van der Waals surface area contributed by atoms with Crippen LogP contribution < -0.4 is 0 Å². The molecule has 0 saturated heterocycles. The van der Waals surface area contributed by atoms with Crippen molar-refractivity contribution in [3.63, 3.8) is 0 Å². The van der Waals surface area contributed by atoms with Gasteiger partial charge in [0.25, 0.3) is 0 Å². The fraction of sp³-hybridized carbons (Fsp3) is 0.308. The van der Waals surface area contributed by atoms with Gasteiger partial charge in [-0.2, -0.15) is 9.57 Å². The maximum absolute atomic E-state index is 12.4. The zero-order valence-corrected chi connectivity index (χ0v) is 11.3. The third-order valence-corrected chi connectivity index (χ3v) is 4.49. The van der Waals surface area contributed by atoms with E-state index in [0.29, 0.717) is 5.56 Å². The summed E-state index contributed by atoms with van der Waals surface area (Å²) in [7, 11) is -3.58. The van der Waals surface area contributed by atoms with Gasteiger partial charge in [-0.1, -0.05) is 12.1 Å². The summed E-state index contributed by atoms with van der Waals surface area (Å²) in [5, 5.41) is 8.80. The molecule has 0 radical (unpaired) electrons. The number of sulfonamides is 1. The topological polar surface area (TPSA) is 61.2 Å². The highest BCUT2D eigenvalue weighted by Crippen LogP contribution is 2.19. The van der Waals surface area contributed by atoms with E-state index in [1.165, 1.54) is 16.4 Å². The first kappa shape index (κ1) is 14.4. The predicted molar refractivity (Wildman–Crippen MR) is 70.4 cm³/mol. The first-order valence-corrected chi connectivity index (χ1v) is 7.00. The molecule has 0 bridgehead atoms. The van der Waals surface area contributed by atoms with E-state index in [2.05, 4.69) is 6.58 Å². The Balaban J connectivity index is 3.26. The molecule has 96 valence electrons. The second-order valence-corrected chi connectivity index (χ2v) is 5.99. The maximum Gasteiger partial charge on any atom is 0.243 e. The zero-order chi connectivity index (χ0) is 13.8. The minimum Gasteiger partial charge on any atom is -0.207 e. The second kappa shape index (κ2) is 5.80. The number of nitriles is 1. The predicted octanol–water partition coefficient (Wildman–Crippen LogP) is 2.14. The van der Waals surface area contributed by atoms with Crippen LogP contribution in [0.15, 0.2) is 41.8 Å². The van der Waals surface area contributed by atoms with E-state index >= 15 is 0 Å². The smallest absolute Gasteiger partial charge is 0.207 e. The van der Waals surface area contributed by atoms with Gasteiger partial charge in [0.2, 0.25) is 10.0 Å². The van der Waals surface area contributed by atoms with E-state index in [9.17, 15) is 8.42 Å². The molecule has 0 aliphatic carbocycles. The van der Waals surface area contributed by atoms with Crippen LogP contribution in [0.1, 0.15) is 19.4 Å². The molecule has 0 spiro atoms. The Bertz CT molecular complexity index is 571. The molecule has 0 aromatic heterocycles. The lowest BCUT2D eigenvalue weighted by atomic mass is 10.2. The molecule has 0 heterocycles. The summed E-state index contributed by atoms with van der Waals surface area (Å²) < 4.78 is 26.1. The van der Waals surface area contributed by atoms with Crippen LogP contribution in [0.4, 0.5) is 0 Å². The molecule has 5 heteroatoms. The van der Waals surface area contributed by atoms with Crippen molar-refractivity contribution in [2.24, 2.45) is 0 Å². The lowest BCUT2D eigenvalue weighted by molar-refractivity contribution is 0.383. The monoisotopic (exact) mass is 264 g/mol. The summed E-state index contributed by atoms with van der Waals surface area (Å²) in [5.74, 6) is 0. The van der Waals surface area contributed by atoms with Gasteiger partial charge in [-0.15, -0.1) is 6.58 Å². The van der Waals surface area contributed by atoms with Crippen LogP contribution >= 0.6 is 0 Å². The minimum atomic E-state index is -3.58. The van der Waals surface area contributed by atoms with Gasteiger partial charge in [0.05, 0.1) is 16.5 Å². The van der Waals surface area contributed by atoms with Crippen LogP contribution in [0.5, 0.6) is 0 Å². The molecular weight excluding hydrogens is 248 g/mol. The van der Waals surface area contributed by atoms with Crippen LogP contribution in [0, 0.1) is 11.3 Å². The Kier molecular flexibility index (Phi) is 4.65. The average Bonchev–Trinajstić information content (AvgIpc) is 2.35. The fourth-order valence-corrected chi connectivity index (χ4v) is 3.23. The summed E-state index contributed by atoms with van der Waals surface area (Å²) in [6.07, 6.45) is 1.55. The zero-order valence-electron chi connectivity index (χ0n) is 10.5. The number of hydrogen-bond acceptors (Lipinski definition) is 3. The Morgan fingerprint density at radius 3 is 2.67 bits per heavy atom. The number of rotatable bonds is 5. The van der Waals surface area contributed by atoms with E-state index in [0.717, 1.165) is 0 Å². The molecular formula is C13H16N2O2S. The van der Waals surface area contributed by atoms with Crippen molar-refractivity contribution in [1.29, 1.82) is 5.26 Å². The van der Waals surface area contributed by atoms with Crippen molar-refractivity contribution in [3.05, 3.63) is 42.5 Å². The van der Waals surface area contributed by atoms with Gasteiger partial charge < -0.3 is 0 Å². The van der Waals surface area contributed by atoms with Crippen molar-refractivity contribution in [2.45, 2.75) is 24.8 Å². The molecule has 0 N–H and O–H groups in total. The van der Waals surface area contributed by atoms with Crippen molar-refractivity contribution >= 4 is 10.0 Å². The molecule has 1 aromatic rings. The van der Waals surface area contributed by atoms with Gasteiger partial charge in [0.1, 0.15) is 0 Å². The molecule has 0 aliphatic rings. The highest BCUT2D eigenvalue weighted by Gasteiger charge is 2.25. The van der Waals surface area contributed by atoms with Crippen LogP contribution in [-0.2, 0) is 10.0 Å². The van der Waals surface area contributed by atoms with Crippen LogP contribution in [0.3, 0.4) is 0 Å². The molecule has 0 amide bonds. The number of nitrogens with zero attached hydrogens (tertiary/aromatic N) is 2. The first-order chi connectivity index (χ1) is 8.43. The Hall–Kier alpha value is -1.64. The quantitative estimate of drug-likeness (QED) is 0.765. The molecule has 18 heavy (non-hydrogen) atoms. The summed E-state index contributed by atoms with van der Waals surface area (Å²) in [6, 6.07) is 7.79. The Morgan fingerprint density at radius 1 is 1.50 bits per heavy atom. The van der Waals surface area contributed by atoms with Gasteiger partial charge >= 0.3 is 0 Å². The van der Waals surface area contributed by atoms with Crippen LogP contribution in [0.2, 0.25) is 0 Å². The van der Waals surface area contributed by atoms with Gasteiger partial charge in [0.15, 0.2) is 0 Å². The lowest BCUT2D eigenvalue weighted by Gasteiger charge is -2.24. The standard InChI is InChI=1S/C13H16N2O2S/c1-4-8-15(11(2)3)18(16,17)13-7-5-6-12(9-13)10-14/h4-7,9,11H,1,8H2,2-3H3. The molecule has 1 rings (SSSR count). The Labute approximate surface area is 108 Å². The second-order valence-electron chi connectivity index (χ2n) is 4.10. The van der Waals surface area contributed by atoms with Gasteiger partial charge in [-0.25, -0.2) is 8.42 Å². The summed E-state index contributed by atoms with van der Waals surface area (Å²) in [6.45, 7) is 7.41. The molecule has 0 saturated carbocycles. The highest BCUT2D eigenvalue weighted by molar-refractivity contribution is 7.89. The highest BCUT2D eigenvalue weighted by atomic mass is 32.2. The lowest BCUT2D eigenvalue weighted by Crippen LogP contribution is -2.37. The third kappa shape index (κ3) is 2.97. The Morgan fingerprint density at radius 2 is 2.17 bits per heavy atom. The van der Waals surface area contributed by atoms with Crippen LogP contribution in [-0.4, -0.2) is 25.3 Å². The van der Waals surface area contributed by atoms with Gasteiger partial charge in [-0.05, 0) is 32.0 Å². The van der Waals surface area contributed by atoms with E-state index in [1.807, 2.05) is 6.07 Å². The molecule has 0 aliphatic heterocycles. The van der Waals surface area contributed by atoms with Crippen molar-refractivity contribution in [1.82, 2.24) is 4.31 Å². The van der Waals surface area contributed by atoms with Crippen molar-refractivity contribution < 1.29 is 8.42 Å². The largest absolute Gasteiger partial charge is 0.243 e. The minimum absolute atomic E-state index is 0.136. The third-order valence-electron chi connectivity index (χ3n) is 2.45. The van der Waals surface area contributed by atoms with Gasteiger partial charge in [-0.3, -0.25) is 0 Å². The van der Waals surface area contributed by atoms with E-state index in [1.54, 1.807) is 32.1 Å². The van der Waals surface area contributed by atoms with Crippen molar-refractivity contribution in [3.8, 4) is 6.07 Å². The molecule has 1 aromatic carbocycles. The first-order valence-electron chi connectivity index (χ1n) is 5.56. The van der Waals surface area contributed by atoms with Crippen molar-refractivity contribution in [2.75, 3.05) is 6.54 Å². The SMILES string of the molecule is C=CCN(C(C)C)S(=O)(=O)c1cccc(C#N)c1. The maximum atomic E-state index is 12.4. The van der Waals surface area contributed by atoms with Crippen LogP contribution in [0.25, 0.3) is 0 Å². The van der Waals surface area contributed by atoms with E-state index < -0.39 is 10.0 Å². The number of benzene rings is 1. The normalized spacial score (nSPS) is 11.5. The van der Waals surface area contributed by atoms with E-state index in [-0.39, 0.29) is 17.5 Å².